The van der Waals surface area contributed by atoms with E-state index in [1.807, 2.05) is 0 Å². The maximum absolute atomic E-state index is 6.17. The van der Waals surface area contributed by atoms with Gasteiger partial charge in [-0.3, -0.25) is 0 Å². The van der Waals surface area contributed by atoms with E-state index >= 15 is 0 Å². The van der Waals surface area contributed by atoms with Crippen molar-refractivity contribution in [1.29, 1.82) is 0 Å². The third kappa shape index (κ3) is 12.0. The van der Waals surface area contributed by atoms with Gasteiger partial charge >= 0.3 is 0 Å². The molecule has 2 aliphatic heterocycles. The first-order valence-electron chi connectivity index (χ1n) is 12.0. The van der Waals surface area contributed by atoms with Gasteiger partial charge in [-0.2, -0.15) is 11.8 Å². The molecule has 2 atom stereocenters. The van der Waals surface area contributed by atoms with E-state index in [1.54, 1.807) is 0 Å². The van der Waals surface area contributed by atoms with Crippen molar-refractivity contribution in [3.63, 3.8) is 0 Å². The van der Waals surface area contributed by atoms with Crippen LogP contribution in [0.15, 0.2) is 0 Å². The van der Waals surface area contributed by atoms with Crippen LogP contribution in [0, 0.1) is 0 Å². The summed E-state index contributed by atoms with van der Waals surface area (Å²) in [6.07, 6.45) is 14.2. The Kier molecular flexibility index (Phi) is 11.9. The van der Waals surface area contributed by atoms with Crippen molar-refractivity contribution < 1.29 is 18.9 Å². The lowest BCUT2D eigenvalue weighted by molar-refractivity contribution is -0.217. The molecule has 0 bridgehead atoms. The summed E-state index contributed by atoms with van der Waals surface area (Å²) in [4.78, 5) is 0. The highest BCUT2D eigenvalue weighted by Gasteiger charge is 2.26. The number of unbranched alkanes of at least 4 members (excludes halogenated alkanes) is 2. The molecule has 2 unspecified atom stereocenters. The monoisotopic (exact) mass is 430 g/mol. The summed E-state index contributed by atoms with van der Waals surface area (Å²) in [5, 5.41) is 0. The van der Waals surface area contributed by atoms with Crippen LogP contribution in [0.2, 0.25) is 0 Å². The molecule has 0 radical (unpaired) electrons. The standard InChI is InChI=1S/C24H46O4S/c1-23(2,27-21-13-5-9-17-25-21)15-7-11-19-29-20-12-8-16-24(3,4)28-22-14-6-10-18-26-22/h21-22H,5-20H2,1-4H3. The van der Waals surface area contributed by atoms with Crippen molar-refractivity contribution in [3.05, 3.63) is 0 Å². The Morgan fingerprint density at radius 3 is 1.52 bits per heavy atom. The minimum atomic E-state index is -0.0691. The third-order valence-corrected chi connectivity index (χ3v) is 6.97. The Morgan fingerprint density at radius 2 is 1.14 bits per heavy atom. The molecule has 0 amide bonds. The molecule has 5 heteroatoms. The van der Waals surface area contributed by atoms with Crippen LogP contribution in [0.25, 0.3) is 0 Å². The van der Waals surface area contributed by atoms with Gasteiger partial charge in [-0.1, -0.05) is 0 Å². The lowest BCUT2D eigenvalue weighted by Gasteiger charge is -2.33. The molecule has 4 nitrogen and oxygen atoms in total. The van der Waals surface area contributed by atoms with Crippen molar-refractivity contribution in [2.24, 2.45) is 0 Å². The fraction of sp³-hybridized carbons (Fsp3) is 1.00. The second-order valence-corrected chi connectivity index (χ2v) is 11.1. The fourth-order valence-corrected chi connectivity index (χ4v) is 5.07. The molecule has 172 valence electrons. The largest absolute Gasteiger partial charge is 0.353 e. The number of hydrogen-bond acceptors (Lipinski definition) is 5. The van der Waals surface area contributed by atoms with E-state index in [0.717, 1.165) is 38.9 Å². The average Bonchev–Trinajstić information content (AvgIpc) is 2.67. The van der Waals surface area contributed by atoms with E-state index in [0.29, 0.717) is 0 Å². The van der Waals surface area contributed by atoms with Crippen LogP contribution >= 0.6 is 11.8 Å². The number of thioether (sulfide) groups is 1. The molecule has 0 aromatic carbocycles. The summed E-state index contributed by atoms with van der Waals surface area (Å²) in [7, 11) is 0. The van der Waals surface area contributed by atoms with Crippen molar-refractivity contribution in [2.75, 3.05) is 24.7 Å². The molecule has 0 aromatic rings. The molecule has 0 N–H and O–H groups in total. The van der Waals surface area contributed by atoms with E-state index in [9.17, 15) is 0 Å². The van der Waals surface area contributed by atoms with Gasteiger partial charge in [-0.25, -0.2) is 0 Å². The molecule has 0 aliphatic carbocycles. The Labute approximate surface area is 184 Å². The first-order chi connectivity index (χ1) is 13.9. The van der Waals surface area contributed by atoms with Crippen LogP contribution in [0.3, 0.4) is 0 Å². The number of rotatable bonds is 14. The van der Waals surface area contributed by atoms with Gasteiger partial charge in [0, 0.05) is 13.2 Å². The lowest BCUT2D eigenvalue weighted by atomic mass is 10.0. The summed E-state index contributed by atoms with van der Waals surface area (Å²) < 4.78 is 23.8. The molecule has 0 saturated carbocycles. The highest BCUT2D eigenvalue weighted by Crippen LogP contribution is 2.26. The second-order valence-electron chi connectivity index (χ2n) is 9.87. The highest BCUT2D eigenvalue weighted by atomic mass is 32.2. The van der Waals surface area contributed by atoms with Gasteiger partial charge in [-0.15, -0.1) is 0 Å². The Bertz CT molecular complexity index is 377. The van der Waals surface area contributed by atoms with Crippen LogP contribution in [0.5, 0.6) is 0 Å². The summed E-state index contributed by atoms with van der Waals surface area (Å²) in [6.45, 7) is 10.5. The molecular formula is C24H46O4S. The van der Waals surface area contributed by atoms with Crippen LogP contribution in [0.1, 0.15) is 105 Å². The third-order valence-electron chi connectivity index (χ3n) is 5.81. The molecule has 0 spiro atoms. The molecular weight excluding hydrogens is 384 g/mol. The van der Waals surface area contributed by atoms with Gasteiger partial charge in [-0.05, 0) is 116 Å². The smallest absolute Gasteiger partial charge is 0.158 e. The van der Waals surface area contributed by atoms with E-state index in [4.69, 9.17) is 18.9 Å². The van der Waals surface area contributed by atoms with Gasteiger partial charge in [0.1, 0.15) is 0 Å². The molecule has 2 heterocycles. The van der Waals surface area contributed by atoms with Crippen molar-refractivity contribution >= 4 is 11.8 Å². The first-order valence-corrected chi connectivity index (χ1v) is 13.2. The maximum Gasteiger partial charge on any atom is 0.158 e. The molecule has 2 saturated heterocycles. The van der Waals surface area contributed by atoms with Crippen LogP contribution < -0.4 is 0 Å². The van der Waals surface area contributed by atoms with Gasteiger partial charge in [0.2, 0.25) is 0 Å². The zero-order valence-corrected chi connectivity index (χ0v) is 20.3. The second kappa shape index (κ2) is 13.6. The molecule has 2 fully saturated rings. The summed E-state index contributed by atoms with van der Waals surface area (Å²) >= 11 is 2.09. The molecule has 29 heavy (non-hydrogen) atoms. The normalized spacial score (nSPS) is 24.0. The van der Waals surface area contributed by atoms with Gasteiger partial charge in [0.15, 0.2) is 12.6 Å². The van der Waals surface area contributed by atoms with Crippen LogP contribution in [-0.2, 0) is 18.9 Å². The summed E-state index contributed by atoms with van der Waals surface area (Å²) in [6, 6.07) is 0. The van der Waals surface area contributed by atoms with E-state index in [-0.39, 0.29) is 23.8 Å². The van der Waals surface area contributed by atoms with Gasteiger partial charge < -0.3 is 18.9 Å². The quantitative estimate of drug-likeness (QED) is 0.286. The number of ether oxygens (including phenoxy) is 4. The number of hydrogen-bond donors (Lipinski definition) is 0. The van der Waals surface area contributed by atoms with Crippen molar-refractivity contribution in [2.45, 2.75) is 129 Å². The maximum atomic E-state index is 6.17. The highest BCUT2D eigenvalue weighted by molar-refractivity contribution is 7.99. The lowest BCUT2D eigenvalue weighted by Crippen LogP contribution is -2.34. The average molecular weight is 431 g/mol. The predicted molar refractivity (Wildman–Crippen MR) is 123 cm³/mol. The zero-order valence-electron chi connectivity index (χ0n) is 19.5. The summed E-state index contributed by atoms with van der Waals surface area (Å²) in [5.41, 5.74) is -0.138. The summed E-state index contributed by atoms with van der Waals surface area (Å²) in [5.74, 6) is 2.51. The van der Waals surface area contributed by atoms with Crippen molar-refractivity contribution in [1.82, 2.24) is 0 Å². The molecule has 2 rings (SSSR count). The Morgan fingerprint density at radius 1 is 0.690 bits per heavy atom. The molecule has 2 aliphatic rings. The van der Waals surface area contributed by atoms with E-state index in [2.05, 4.69) is 39.5 Å². The van der Waals surface area contributed by atoms with Gasteiger partial charge in [0.05, 0.1) is 11.2 Å². The van der Waals surface area contributed by atoms with Crippen LogP contribution in [0.4, 0.5) is 0 Å². The zero-order chi connectivity index (χ0) is 21.0. The predicted octanol–water partition coefficient (Wildman–Crippen LogP) is 6.70. The Balaban J connectivity index is 1.42. The topological polar surface area (TPSA) is 36.9 Å². The van der Waals surface area contributed by atoms with E-state index in [1.165, 1.54) is 62.9 Å². The fourth-order valence-electron chi connectivity index (χ4n) is 4.05. The molecule has 0 aromatic heterocycles. The van der Waals surface area contributed by atoms with Gasteiger partial charge in [0.25, 0.3) is 0 Å². The SMILES string of the molecule is CC(C)(CCCCSCCCCC(C)(C)OC1CCCCO1)OC1CCCCO1. The van der Waals surface area contributed by atoms with E-state index < -0.39 is 0 Å². The minimum Gasteiger partial charge on any atom is -0.353 e. The first kappa shape index (κ1) is 25.5. The Hall–Kier alpha value is 0.190. The minimum absolute atomic E-state index is 0.0195. The van der Waals surface area contributed by atoms with Crippen molar-refractivity contribution in [3.8, 4) is 0 Å². The van der Waals surface area contributed by atoms with Crippen LogP contribution in [-0.4, -0.2) is 48.5 Å².